The van der Waals surface area contributed by atoms with Crippen molar-refractivity contribution in [2.75, 3.05) is 19.4 Å². The minimum absolute atomic E-state index is 0. The molecule has 0 fully saturated rings. The fourth-order valence-corrected chi connectivity index (χ4v) is 9.10. The van der Waals surface area contributed by atoms with Gasteiger partial charge in [0.2, 0.25) is 0 Å². The van der Waals surface area contributed by atoms with E-state index in [-0.39, 0.29) is 29.4 Å². The molecule has 0 N–H and O–H groups in total. The molecule has 0 spiro atoms. The Hall–Kier alpha value is -0.600. The maximum absolute atomic E-state index is 13.0. The van der Waals surface area contributed by atoms with E-state index in [4.69, 9.17) is 4.74 Å². The third-order valence-electron chi connectivity index (χ3n) is 6.16. The van der Waals surface area contributed by atoms with Gasteiger partial charge in [0, 0.05) is 0 Å². The molecule has 0 amide bonds. The average molecular weight is 644 g/mol. The van der Waals surface area contributed by atoms with Gasteiger partial charge in [0.05, 0.1) is 42.9 Å². The topological polar surface area (TPSA) is 9.23 Å². The Labute approximate surface area is 243 Å². The molecule has 0 saturated heterocycles. The SMILES string of the molecule is Br.CCC=C(C)[P+](CCC(C)C)(CCC(C)C)c1ccc(C(F)(F)F)cc1.COc1ccc(P)cc1.[Cl-]. The lowest BCUT2D eigenvalue weighted by Crippen LogP contribution is -3.00. The molecule has 1 unspecified atom stereocenters. The summed E-state index contributed by atoms with van der Waals surface area (Å²) in [6.07, 6.45) is 3.40. The van der Waals surface area contributed by atoms with Crippen molar-refractivity contribution in [2.45, 2.75) is 67.0 Å². The highest BCUT2D eigenvalue weighted by Gasteiger charge is 2.42. The van der Waals surface area contributed by atoms with E-state index in [0.29, 0.717) is 11.8 Å². The van der Waals surface area contributed by atoms with Crippen LogP contribution in [0.1, 0.15) is 66.4 Å². The van der Waals surface area contributed by atoms with Crippen molar-refractivity contribution in [1.29, 1.82) is 0 Å². The van der Waals surface area contributed by atoms with Crippen molar-refractivity contribution in [1.82, 2.24) is 0 Å². The first-order valence-corrected chi connectivity index (χ1v) is 15.2. The standard InChI is InChI=1S/C22H35F3P.C7H9OP.BrH.ClH/c1-7-8-19(6)26(15-13-17(2)3,16-14-18(4)5)21-11-9-20(10-12-21)22(23,24)25;1-8-6-2-4-7(9)5-3-6;;/h8-12,17-18H,7,13-16H2,1-6H3;2-5H,9H2,1H3;2*1H/q+1;;;/p-1. The van der Waals surface area contributed by atoms with E-state index in [9.17, 15) is 13.2 Å². The number of alkyl halides is 3. The van der Waals surface area contributed by atoms with Crippen LogP contribution in [0.5, 0.6) is 5.75 Å². The second kappa shape index (κ2) is 18.6. The van der Waals surface area contributed by atoms with Crippen LogP contribution in [-0.4, -0.2) is 19.4 Å². The maximum atomic E-state index is 13.0. The van der Waals surface area contributed by atoms with E-state index < -0.39 is 19.0 Å². The summed E-state index contributed by atoms with van der Waals surface area (Å²) in [6.45, 7) is 13.2. The third kappa shape index (κ3) is 13.3. The van der Waals surface area contributed by atoms with Crippen LogP contribution in [0, 0.1) is 11.8 Å². The normalized spacial score (nSPS) is 11.9. The van der Waals surface area contributed by atoms with E-state index in [2.05, 4.69) is 56.9 Å². The minimum atomic E-state index is -4.27. The van der Waals surface area contributed by atoms with Gasteiger partial charge in [-0.15, -0.1) is 26.2 Å². The molecule has 0 aromatic heterocycles. The summed E-state index contributed by atoms with van der Waals surface area (Å²) in [6, 6.07) is 13.9. The largest absolute Gasteiger partial charge is 1.00 e. The minimum Gasteiger partial charge on any atom is -1.00 e. The van der Waals surface area contributed by atoms with Gasteiger partial charge in [0.1, 0.15) is 5.75 Å². The monoisotopic (exact) mass is 642 g/mol. The number of hydrogen-bond acceptors (Lipinski definition) is 1. The van der Waals surface area contributed by atoms with Gasteiger partial charge in [-0.25, -0.2) is 0 Å². The second-order valence-corrected chi connectivity index (χ2v) is 14.6. The molecule has 1 atom stereocenters. The molecule has 212 valence electrons. The third-order valence-corrected chi connectivity index (χ3v) is 11.4. The second-order valence-electron chi connectivity index (χ2n) is 9.85. The predicted octanol–water partition coefficient (Wildman–Crippen LogP) is 6.53. The molecule has 0 bridgehead atoms. The Bertz CT molecular complexity index is 887. The average Bonchev–Trinajstić information content (AvgIpc) is 2.80. The van der Waals surface area contributed by atoms with Crippen LogP contribution in [0.15, 0.2) is 59.9 Å². The van der Waals surface area contributed by atoms with Gasteiger partial charge < -0.3 is 17.1 Å². The zero-order valence-corrected chi connectivity index (χ0v) is 27.8. The maximum Gasteiger partial charge on any atom is 0.416 e. The molecular weight excluding hydrogens is 599 g/mol. The molecule has 2 rings (SSSR count). The highest BCUT2D eigenvalue weighted by Crippen LogP contribution is 2.66. The number of hydrogen-bond donors (Lipinski definition) is 0. The highest BCUT2D eigenvalue weighted by atomic mass is 79.9. The highest BCUT2D eigenvalue weighted by molar-refractivity contribution is 8.93. The van der Waals surface area contributed by atoms with E-state index >= 15 is 0 Å². The lowest BCUT2D eigenvalue weighted by atomic mass is 10.2. The summed E-state index contributed by atoms with van der Waals surface area (Å²) < 4.78 is 44.0. The Morgan fingerprint density at radius 3 is 1.73 bits per heavy atom. The predicted molar refractivity (Wildman–Crippen MR) is 163 cm³/mol. The molecule has 2 aromatic rings. The van der Waals surface area contributed by atoms with Gasteiger partial charge in [-0.2, -0.15) is 13.2 Å². The lowest BCUT2D eigenvalue weighted by molar-refractivity contribution is -0.137. The van der Waals surface area contributed by atoms with Crippen molar-refractivity contribution >= 4 is 44.1 Å². The summed E-state index contributed by atoms with van der Waals surface area (Å²) in [5, 5.41) is 3.71. The van der Waals surface area contributed by atoms with Crippen LogP contribution < -0.4 is 27.8 Å². The quantitative estimate of drug-likeness (QED) is 0.268. The van der Waals surface area contributed by atoms with E-state index in [0.717, 1.165) is 42.6 Å². The number of rotatable bonds is 10. The van der Waals surface area contributed by atoms with Gasteiger partial charge >= 0.3 is 6.18 Å². The first-order chi connectivity index (χ1) is 16.4. The first-order valence-electron chi connectivity index (χ1n) is 12.5. The molecule has 0 aliphatic carbocycles. The number of ether oxygens (including phenoxy) is 1. The Kier molecular flexibility index (Phi) is 19.4. The van der Waals surface area contributed by atoms with Crippen LogP contribution in [0.4, 0.5) is 13.2 Å². The summed E-state index contributed by atoms with van der Waals surface area (Å²) in [5.74, 6) is 2.09. The molecule has 8 heteroatoms. The molecule has 0 heterocycles. The molecule has 0 aliphatic heterocycles. The fourth-order valence-electron chi connectivity index (χ4n) is 3.89. The Morgan fingerprint density at radius 2 is 1.38 bits per heavy atom. The van der Waals surface area contributed by atoms with Crippen LogP contribution in [0.25, 0.3) is 0 Å². The summed E-state index contributed by atoms with van der Waals surface area (Å²) in [7, 11) is 2.64. The van der Waals surface area contributed by atoms with Gasteiger partial charge in [-0.05, 0) is 85.8 Å². The molecule has 1 nitrogen and oxygen atoms in total. The zero-order valence-electron chi connectivity index (χ0n) is 23.2. The van der Waals surface area contributed by atoms with Crippen molar-refractivity contribution in [3.8, 4) is 5.75 Å². The van der Waals surface area contributed by atoms with Crippen molar-refractivity contribution < 1.29 is 30.3 Å². The van der Waals surface area contributed by atoms with Gasteiger partial charge in [0.25, 0.3) is 0 Å². The summed E-state index contributed by atoms with van der Waals surface area (Å²) in [5.41, 5.74) is -0.552. The molecule has 0 saturated carbocycles. The zero-order chi connectivity index (χ0) is 26.6. The number of methoxy groups -OCH3 is 1. The Balaban J connectivity index is 0. The smallest absolute Gasteiger partial charge is 0.416 e. The first kappa shape index (κ1) is 38.5. The van der Waals surface area contributed by atoms with Crippen molar-refractivity contribution in [3.05, 3.63) is 65.5 Å². The summed E-state index contributed by atoms with van der Waals surface area (Å²) in [4.78, 5) is 0. The summed E-state index contributed by atoms with van der Waals surface area (Å²) >= 11 is 0. The van der Waals surface area contributed by atoms with Gasteiger partial charge in [-0.3, -0.25) is 0 Å². The van der Waals surface area contributed by atoms with E-state index in [1.165, 1.54) is 22.8 Å². The lowest BCUT2D eigenvalue weighted by Gasteiger charge is -2.30. The molecule has 2 aromatic carbocycles. The molecule has 0 aliphatic rings. The molecule has 0 radical (unpaired) electrons. The van der Waals surface area contributed by atoms with Crippen LogP contribution in [-0.2, 0) is 6.18 Å². The molecule has 37 heavy (non-hydrogen) atoms. The number of benzene rings is 2. The van der Waals surface area contributed by atoms with Gasteiger partial charge in [0.15, 0.2) is 0 Å². The van der Waals surface area contributed by atoms with Crippen LogP contribution in [0.3, 0.4) is 0 Å². The van der Waals surface area contributed by atoms with Gasteiger partial charge in [-0.1, -0.05) is 46.8 Å². The number of halogens is 5. The fraction of sp³-hybridized carbons (Fsp3) is 0.517. The van der Waals surface area contributed by atoms with Crippen LogP contribution in [0.2, 0.25) is 0 Å². The molecular formula is C29H45BrClF3OP2. The van der Waals surface area contributed by atoms with Crippen molar-refractivity contribution in [2.24, 2.45) is 11.8 Å². The van der Waals surface area contributed by atoms with E-state index in [1.54, 1.807) is 19.2 Å². The van der Waals surface area contributed by atoms with E-state index in [1.807, 2.05) is 24.3 Å². The van der Waals surface area contributed by atoms with Crippen LogP contribution >= 0.6 is 33.5 Å². The Morgan fingerprint density at radius 1 is 0.919 bits per heavy atom. The van der Waals surface area contributed by atoms with Crippen molar-refractivity contribution in [3.63, 3.8) is 0 Å². The number of allylic oxidation sites excluding steroid dienone is 2.